The van der Waals surface area contributed by atoms with Gasteiger partial charge in [-0.2, -0.15) is 0 Å². The van der Waals surface area contributed by atoms with Crippen LogP contribution >= 0.6 is 0 Å². The van der Waals surface area contributed by atoms with E-state index < -0.39 is 5.97 Å². The molecular weight excluding hydrogens is 248 g/mol. The highest BCUT2D eigenvalue weighted by Crippen LogP contribution is 2.25. The van der Waals surface area contributed by atoms with Gasteiger partial charge in [0, 0.05) is 12.8 Å². The Kier molecular flexibility index (Phi) is 4.11. The SMILES string of the molecule is CCC1OCCC1C(=O)Nc1cccnc1C(=O)O. The predicted molar refractivity (Wildman–Crippen MR) is 68.0 cm³/mol. The third-order valence-electron chi connectivity index (χ3n) is 3.22. The molecule has 6 heteroatoms. The van der Waals surface area contributed by atoms with Crippen molar-refractivity contribution in [1.29, 1.82) is 0 Å². The van der Waals surface area contributed by atoms with Crippen molar-refractivity contribution < 1.29 is 19.4 Å². The molecule has 0 saturated carbocycles. The van der Waals surface area contributed by atoms with Gasteiger partial charge in [-0.05, 0) is 25.0 Å². The third-order valence-corrected chi connectivity index (χ3v) is 3.22. The lowest BCUT2D eigenvalue weighted by Gasteiger charge is -2.16. The van der Waals surface area contributed by atoms with Crippen LogP contribution in [0.15, 0.2) is 18.3 Å². The molecule has 1 aliphatic rings. The van der Waals surface area contributed by atoms with Crippen LogP contribution in [0.5, 0.6) is 0 Å². The summed E-state index contributed by atoms with van der Waals surface area (Å²) in [6, 6.07) is 3.12. The second kappa shape index (κ2) is 5.79. The summed E-state index contributed by atoms with van der Waals surface area (Å²) in [6.45, 7) is 2.53. The zero-order valence-electron chi connectivity index (χ0n) is 10.6. The highest BCUT2D eigenvalue weighted by atomic mass is 16.5. The lowest BCUT2D eigenvalue weighted by molar-refractivity contribution is -0.121. The molecule has 1 fully saturated rings. The smallest absolute Gasteiger partial charge is 0.356 e. The Hall–Kier alpha value is -1.95. The average Bonchev–Trinajstić information content (AvgIpc) is 2.87. The number of nitrogens with one attached hydrogen (secondary N) is 1. The number of carboxylic acids is 1. The van der Waals surface area contributed by atoms with Crippen molar-refractivity contribution in [3.63, 3.8) is 0 Å². The molecule has 2 heterocycles. The second-order valence-electron chi connectivity index (χ2n) is 4.41. The number of hydrogen-bond acceptors (Lipinski definition) is 4. The van der Waals surface area contributed by atoms with Crippen molar-refractivity contribution in [2.45, 2.75) is 25.9 Å². The summed E-state index contributed by atoms with van der Waals surface area (Å²) in [7, 11) is 0. The zero-order valence-corrected chi connectivity index (χ0v) is 10.6. The molecule has 2 rings (SSSR count). The number of aromatic nitrogens is 1. The van der Waals surface area contributed by atoms with Crippen LogP contribution in [0.1, 0.15) is 30.3 Å². The summed E-state index contributed by atoms with van der Waals surface area (Å²) < 4.78 is 5.46. The molecule has 2 unspecified atom stereocenters. The number of hydrogen-bond donors (Lipinski definition) is 2. The first-order valence-electron chi connectivity index (χ1n) is 6.24. The number of ether oxygens (including phenoxy) is 1. The fourth-order valence-corrected chi connectivity index (χ4v) is 2.25. The maximum atomic E-state index is 12.1. The molecule has 0 aromatic carbocycles. The van der Waals surface area contributed by atoms with Crippen molar-refractivity contribution in [2.24, 2.45) is 5.92 Å². The van der Waals surface area contributed by atoms with E-state index >= 15 is 0 Å². The number of rotatable bonds is 4. The van der Waals surface area contributed by atoms with Crippen LogP contribution in [-0.4, -0.2) is 34.7 Å². The molecule has 0 radical (unpaired) electrons. The number of carbonyl (C=O) groups excluding carboxylic acids is 1. The van der Waals surface area contributed by atoms with Crippen LogP contribution < -0.4 is 5.32 Å². The van der Waals surface area contributed by atoms with Crippen molar-refractivity contribution in [3.8, 4) is 0 Å². The molecule has 6 nitrogen and oxygen atoms in total. The quantitative estimate of drug-likeness (QED) is 0.861. The van der Waals surface area contributed by atoms with Gasteiger partial charge in [-0.1, -0.05) is 6.92 Å². The highest BCUT2D eigenvalue weighted by molar-refractivity contribution is 6.00. The monoisotopic (exact) mass is 264 g/mol. The first-order valence-corrected chi connectivity index (χ1v) is 6.24. The molecule has 0 spiro atoms. The molecule has 2 atom stereocenters. The van der Waals surface area contributed by atoms with E-state index in [1.54, 1.807) is 6.07 Å². The van der Waals surface area contributed by atoms with E-state index in [2.05, 4.69) is 10.3 Å². The van der Waals surface area contributed by atoms with Crippen LogP contribution in [0.4, 0.5) is 5.69 Å². The summed E-state index contributed by atoms with van der Waals surface area (Å²) in [5, 5.41) is 11.6. The normalized spacial score (nSPS) is 22.2. The van der Waals surface area contributed by atoms with Crippen LogP contribution in [-0.2, 0) is 9.53 Å². The zero-order chi connectivity index (χ0) is 13.8. The van der Waals surface area contributed by atoms with Crippen molar-refractivity contribution in [1.82, 2.24) is 4.98 Å². The molecule has 1 amide bonds. The maximum absolute atomic E-state index is 12.1. The Morgan fingerprint density at radius 3 is 3.05 bits per heavy atom. The lowest BCUT2D eigenvalue weighted by Crippen LogP contribution is -2.29. The summed E-state index contributed by atoms with van der Waals surface area (Å²) in [6.07, 6.45) is 2.71. The molecular formula is C13H16N2O4. The molecule has 1 aromatic rings. The molecule has 1 saturated heterocycles. The van der Waals surface area contributed by atoms with Gasteiger partial charge in [-0.3, -0.25) is 4.79 Å². The lowest BCUT2D eigenvalue weighted by atomic mass is 9.98. The standard InChI is InChI=1S/C13H16N2O4/c1-2-10-8(5-7-19-10)12(16)15-9-4-3-6-14-11(9)13(17)18/h3-4,6,8,10H,2,5,7H2,1H3,(H,15,16)(H,17,18). The maximum Gasteiger partial charge on any atom is 0.356 e. The van der Waals surface area contributed by atoms with Gasteiger partial charge < -0.3 is 15.2 Å². The topological polar surface area (TPSA) is 88.5 Å². The predicted octanol–water partition coefficient (Wildman–Crippen LogP) is 1.53. The summed E-state index contributed by atoms with van der Waals surface area (Å²) in [5.74, 6) is -1.60. The van der Waals surface area contributed by atoms with Gasteiger partial charge in [0.1, 0.15) is 0 Å². The van der Waals surface area contributed by atoms with Gasteiger partial charge >= 0.3 is 5.97 Å². The minimum atomic E-state index is -1.16. The Bertz CT molecular complexity index is 489. The van der Waals surface area contributed by atoms with Gasteiger partial charge in [0.2, 0.25) is 5.91 Å². The number of amides is 1. The number of anilines is 1. The van der Waals surface area contributed by atoms with E-state index in [4.69, 9.17) is 9.84 Å². The molecule has 1 aromatic heterocycles. The van der Waals surface area contributed by atoms with Gasteiger partial charge in [0.25, 0.3) is 0 Å². The first kappa shape index (κ1) is 13.5. The Labute approximate surface area is 110 Å². The van der Waals surface area contributed by atoms with E-state index in [0.717, 1.165) is 6.42 Å². The van der Waals surface area contributed by atoms with E-state index in [1.807, 2.05) is 6.92 Å². The van der Waals surface area contributed by atoms with Gasteiger partial charge in [-0.25, -0.2) is 9.78 Å². The fraction of sp³-hybridized carbons (Fsp3) is 0.462. The van der Waals surface area contributed by atoms with Crippen LogP contribution in [0, 0.1) is 5.92 Å². The molecule has 102 valence electrons. The van der Waals surface area contributed by atoms with Gasteiger partial charge in [-0.15, -0.1) is 0 Å². The number of aromatic carboxylic acids is 1. The molecule has 0 bridgehead atoms. The number of carboxylic acid groups (broad SMARTS) is 1. The molecule has 2 N–H and O–H groups in total. The number of pyridine rings is 1. The number of carbonyl (C=O) groups is 2. The Morgan fingerprint density at radius 1 is 1.58 bits per heavy atom. The summed E-state index contributed by atoms with van der Waals surface area (Å²) >= 11 is 0. The van der Waals surface area contributed by atoms with E-state index in [0.29, 0.717) is 13.0 Å². The van der Waals surface area contributed by atoms with Gasteiger partial charge in [0.05, 0.1) is 17.7 Å². The molecule has 1 aliphatic heterocycles. The second-order valence-corrected chi connectivity index (χ2v) is 4.41. The minimum Gasteiger partial charge on any atom is -0.476 e. The van der Waals surface area contributed by atoms with Crippen LogP contribution in [0.2, 0.25) is 0 Å². The largest absolute Gasteiger partial charge is 0.476 e. The van der Waals surface area contributed by atoms with Crippen molar-refractivity contribution in [2.75, 3.05) is 11.9 Å². The highest BCUT2D eigenvalue weighted by Gasteiger charge is 2.33. The fourth-order valence-electron chi connectivity index (χ4n) is 2.25. The van der Waals surface area contributed by atoms with Crippen LogP contribution in [0.25, 0.3) is 0 Å². The Morgan fingerprint density at radius 2 is 2.37 bits per heavy atom. The van der Waals surface area contributed by atoms with E-state index in [-0.39, 0.29) is 29.3 Å². The minimum absolute atomic E-state index is 0.0926. The summed E-state index contributed by atoms with van der Waals surface area (Å²) in [4.78, 5) is 26.9. The Balaban J connectivity index is 2.13. The third kappa shape index (κ3) is 2.90. The molecule has 0 aliphatic carbocycles. The summed E-state index contributed by atoms with van der Waals surface area (Å²) in [5.41, 5.74) is 0.0737. The van der Waals surface area contributed by atoms with Gasteiger partial charge in [0.15, 0.2) is 5.69 Å². The van der Waals surface area contributed by atoms with Crippen molar-refractivity contribution in [3.05, 3.63) is 24.0 Å². The van der Waals surface area contributed by atoms with E-state index in [1.165, 1.54) is 12.3 Å². The van der Waals surface area contributed by atoms with Crippen molar-refractivity contribution >= 4 is 17.6 Å². The molecule has 19 heavy (non-hydrogen) atoms. The van der Waals surface area contributed by atoms with Crippen LogP contribution in [0.3, 0.4) is 0 Å². The first-order chi connectivity index (χ1) is 9.13. The average molecular weight is 264 g/mol. The van der Waals surface area contributed by atoms with E-state index in [9.17, 15) is 9.59 Å². The number of nitrogens with zero attached hydrogens (tertiary/aromatic N) is 1.